The van der Waals surface area contributed by atoms with Gasteiger partial charge in [-0.1, -0.05) is 13.8 Å². The fraction of sp³-hybridized carbons (Fsp3) is 0.636. The second-order valence-corrected chi connectivity index (χ2v) is 3.49. The summed E-state index contributed by atoms with van der Waals surface area (Å²) in [5, 5.41) is 0. The molecule has 3 heteroatoms. The first-order valence-corrected chi connectivity index (χ1v) is 5.32. The Morgan fingerprint density at radius 1 is 1.21 bits per heavy atom. The molecule has 0 aliphatic rings. The zero-order chi connectivity index (χ0) is 10.4. The molecule has 3 nitrogen and oxygen atoms in total. The Balaban J connectivity index is 2.75. The Kier molecular flexibility index (Phi) is 4.36. The Hall–Kier alpha value is -1.12. The van der Waals surface area contributed by atoms with Crippen LogP contribution in [0.2, 0.25) is 0 Å². The summed E-state index contributed by atoms with van der Waals surface area (Å²) in [7, 11) is 0. The van der Waals surface area contributed by atoms with Crippen molar-refractivity contribution in [3.05, 3.63) is 18.0 Å². The third-order valence-corrected chi connectivity index (χ3v) is 2.05. The highest BCUT2D eigenvalue weighted by atomic mass is 15.2. The molecule has 0 spiro atoms. The van der Waals surface area contributed by atoms with Crippen LogP contribution in [0.3, 0.4) is 0 Å². The smallest absolute Gasteiger partial charge is 0.225 e. The molecule has 0 radical (unpaired) electrons. The summed E-state index contributed by atoms with van der Waals surface area (Å²) in [6, 6.07) is 1.93. The summed E-state index contributed by atoms with van der Waals surface area (Å²) >= 11 is 0. The van der Waals surface area contributed by atoms with Crippen molar-refractivity contribution in [2.75, 3.05) is 18.0 Å². The normalized spacial score (nSPS) is 10.2. The SMILES string of the molecule is CCCN(CCC)c1nccc(C)n1. The fourth-order valence-corrected chi connectivity index (χ4v) is 1.44. The lowest BCUT2D eigenvalue weighted by Crippen LogP contribution is -2.26. The van der Waals surface area contributed by atoms with E-state index in [4.69, 9.17) is 0 Å². The molecule has 0 fully saturated rings. The molecule has 0 saturated heterocycles. The maximum atomic E-state index is 4.43. The van der Waals surface area contributed by atoms with Gasteiger partial charge in [0.1, 0.15) is 0 Å². The van der Waals surface area contributed by atoms with Crippen molar-refractivity contribution in [1.29, 1.82) is 0 Å². The van der Waals surface area contributed by atoms with Crippen molar-refractivity contribution in [3.8, 4) is 0 Å². The van der Waals surface area contributed by atoms with Crippen LogP contribution in [0.4, 0.5) is 5.95 Å². The van der Waals surface area contributed by atoms with E-state index in [0.29, 0.717) is 0 Å². The van der Waals surface area contributed by atoms with Gasteiger partial charge in [0, 0.05) is 25.0 Å². The van der Waals surface area contributed by atoms with Crippen LogP contribution in [0.15, 0.2) is 12.3 Å². The average molecular weight is 193 g/mol. The molecule has 1 rings (SSSR count). The first kappa shape index (κ1) is 11.0. The number of rotatable bonds is 5. The molecule has 0 aliphatic heterocycles. The maximum Gasteiger partial charge on any atom is 0.225 e. The number of anilines is 1. The van der Waals surface area contributed by atoms with E-state index in [1.165, 1.54) is 0 Å². The number of aryl methyl sites for hydroxylation is 1. The van der Waals surface area contributed by atoms with Crippen LogP contribution in [0.25, 0.3) is 0 Å². The summed E-state index contributed by atoms with van der Waals surface area (Å²) in [4.78, 5) is 11.0. The molecular weight excluding hydrogens is 174 g/mol. The predicted octanol–water partition coefficient (Wildman–Crippen LogP) is 2.41. The molecule has 0 aromatic carbocycles. The third-order valence-electron chi connectivity index (χ3n) is 2.05. The van der Waals surface area contributed by atoms with E-state index in [2.05, 4.69) is 28.7 Å². The highest BCUT2D eigenvalue weighted by Gasteiger charge is 2.06. The summed E-state index contributed by atoms with van der Waals surface area (Å²) in [5.41, 5.74) is 1.03. The van der Waals surface area contributed by atoms with Crippen molar-refractivity contribution in [3.63, 3.8) is 0 Å². The van der Waals surface area contributed by atoms with E-state index < -0.39 is 0 Å². The summed E-state index contributed by atoms with van der Waals surface area (Å²) in [6.07, 6.45) is 4.10. The highest BCUT2D eigenvalue weighted by Crippen LogP contribution is 2.08. The van der Waals surface area contributed by atoms with Gasteiger partial charge < -0.3 is 4.90 Å². The summed E-state index contributed by atoms with van der Waals surface area (Å²) < 4.78 is 0. The maximum absolute atomic E-state index is 4.43. The van der Waals surface area contributed by atoms with Crippen molar-refractivity contribution >= 4 is 5.95 Å². The van der Waals surface area contributed by atoms with Crippen LogP contribution >= 0.6 is 0 Å². The second kappa shape index (κ2) is 5.58. The van der Waals surface area contributed by atoms with Crippen LogP contribution < -0.4 is 4.90 Å². The van der Waals surface area contributed by atoms with Crippen molar-refractivity contribution in [1.82, 2.24) is 9.97 Å². The molecule has 1 aromatic rings. The van der Waals surface area contributed by atoms with Gasteiger partial charge in [-0.15, -0.1) is 0 Å². The number of nitrogens with zero attached hydrogens (tertiary/aromatic N) is 3. The lowest BCUT2D eigenvalue weighted by atomic mass is 10.3. The second-order valence-electron chi connectivity index (χ2n) is 3.49. The average Bonchev–Trinajstić information content (AvgIpc) is 2.17. The van der Waals surface area contributed by atoms with E-state index in [1.807, 2.05) is 19.2 Å². The van der Waals surface area contributed by atoms with E-state index in [0.717, 1.165) is 37.6 Å². The van der Waals surface area contributed by atoms with Crippen LogP contribution in [0.5, 0.6) is 0 Å². The fourth-order valence-electron chi connectivity index (χ4n) is 1.44. The Bertz CT molecular complexity index is 267. The van der Waals surface area contributed by atoms with Crippen molar-refractivity contribution in [2.45, 2.75) is 33.6 Å². The topological polar surface area (TPSA) is 29.0 Å². The molecule has 0 unspecified atom stereocenters. The molecule has 0 atom stereocenters. The lowest BCUT2D eigenvalue weighted by molar-refractivity contribution is 0.719. The van der Waals surface area contributed by atoms with Crippen LogP contribution in [0, 0.1) is 6.92 Å². The summed E-state index contributed by atoms with van der Waals surface area (Å²) in [5.74, 6) is 0.869. The quantitative estimate of drug-likeness (QED) is 0.719. The first-order chi connectivity index (χ1) is 6.77. The van der Waals surface area contributed by atoms with Crippen LogP contribution in [-0.4, -0.2) is 23.1 Å². The number of hydrogen-bond acceptors (Lipinski definition) is 3. The van der Waals surface area contributed by atoms with Crippen LogP contribution in [-0.2, 0) is 0 Å². The van der Waals surface area contributed by atoms with Gasteiger partial charge in [-0.2, -0.15) is 0 Å². The highest BCUT2D eigenvalue weighted by molar-refractivity contribution is 5.29. The standard InChI is InChI=1S/C11H19N3/c1-4-8-14(9-5-2)11-12-7-6-10(3)13-11/h6-7H,4-5,8-9H2,1-3H3. The molecule has 1 aromatic heterocycles. The zero-order valence-electron chi connectivity index (χ0n) is 9.32. The molecule has 0 aliphatic carbocycles. The van der Waals surface area contributed by atoms with Gasteiger partial charge in [-0.05, 0) is 25.8 Å². The van der Waals surface area contributed by atoms with Gasteiger partial charge in [-0.25, -0.2) is 9.97 Å². The lowest BCUT2D eigenvalue weighted by Gasteiger charge is -2.21. The van der Waals surface area contributed by atoms with Gasteiger partial charge >= 0.3 is 0 Å². The Morgan fingerprint density at radius 3 is 2.36 bits per heavy atom. The van der Waals surface area contributed by atoms with Gasteiger partial charge in [0.25, 0.3) is 0 Å². The minimum absolute atomic E-state index is 0.869. The van der Waals surface area contributed by atoms with Crippen molar-refractivity contribution < 1.29 is 0 Å². The van der Waals surface area contributed by atoms with Gasteiger partial charge in [0.15, 0.2) is 0 Å². The van der Waals surface area contributed by atoms with Gasteiger partial charge in [0.05, 0.1) is 0 Å². The predicted molar refractivity (Wildman–Crippen MR) is 59.6 cm³/mol. The molecular formula is C11H19N3. The molecule has 0 amide bonds. The zero-order valence-corrected chi connectivity index (χ0v) is 9.32. The van der Waals surface area contributed by atoms with E-state index >= 15 is 0 Å². The number of aromatic nitrogens is 2. The van der Waals surface area contributed by atoms with E-state index in [9.17, 15) is 0 Å². The minimum Gasteiger partial charge on any atom is -0.341 e. The molecule has 78 valence electrons. The van der Waals surface area contributed by atoms with E-state index in [-0.39, 0.29) is 0 Å². The molecule has 0 N–H and O–H groups in total. The number of hydrogen-bond donors (Lipinski definition) is 0. The first-order valence-electron chi connectivity index (χ1n) is 5.32. The Labute approximate surface area is 86.2 Å². The molecule has 0 bridgehead atoms. The third kappa shape index (κ3) is 2.98. The molecule has 14 heavy (non-hydrogen) atoms. The minimum atomic E-state index is 0.869. The Morgan fingerprint density at radius 2 is 1.86 bits per heavy atom. The summed E-state index contributed by atoms with van der Waals surface area (Å²) in [6.45, 7) is 8.44. The monoisotopic (exact) mass is 193 g/mol. The van der Waals surface area contributed by atoms with Gasteiger partial charge in [0.2, 0.25) is 5.95 Å². The van der Waals surface area contributed by atoms with E-state index in [1.54, 1.807) is 0 Å². The molecule has 0 saturated carbocycles. The van der Waals surface area contributed by atoms with Crippen LogP contribution in [0.1, 0.15) is 32.4 Å². The van der Waals surface area contributed by atoms with Crippen molar-refractivity contribution in [2.24, 2.45) is 0 Å². The van der Waals surface area contributed by atoms with Gasteiger partial charge in [-0.3, -0.25) is 0 Å². The molecule has 1 heterocycles. The largest absolute Gasteiger partial charge is 0.341 e.